The summed E-state index contributed by atoms with van der Waals surface area (Å²) in [5, 5.41) is 3.36. The van der Waals surface area contributed by atoms with E-state index >= 15 is 0 Å². The number of fused-ring (bicyclic) bond motifs is 1. The molecule has 2 rings (SSSR count). The van der Waals surface area contributed by atoms with Crippen molar-refractivity contribution in [2.24, 2.45) is 0 Å². The standard InChI is InChI=1S/C16H19ClN2O3S/c1-10(2)23(21,22)7-6-18-16(20)14-8-11(3)19-15-5-4-12(17)9-13(14)15/h4-5,8-10H,6-7H2,1-3H3,(H,18,20). The first-order chi connectivity index (χ1) is 10.7. The van der Waals surface area contributed by atoms with Crippen molar-refractivity contribution in [2.45, 2.75) is 26.0 Å². The van der Waals surface area contributed by atoms with Crippen LogP contribution >= 0.6 is 11.6 Å². The average Bonchev–Trinajstić information content (AvgIpc) is 2.46. The van der Waals surface area contributed by atoms with Crippen LogP contribution in [0.15, 0.2) is 24.3 Å². The van der Waals surface area contributed by atoms with Crippen molar-refractivity contribution in [3.8, 4) is 0 Å². The summed E-state index contributed by atoms with van der Waals surface area (Å²) in [4.78, 5) is 16.8. The highest BCUT2D eigenvalue weighted by molar-refractivity contribution is 7.92. The van der Waals surface area contributed by atoms with Gasteiger partial charge in [0.2, 0.25) is 0 Å². The molecule has 0 fully saturated rings. The summed E-state index contributed by atoms with van der Waals surface area (Å²) in [7, 11) is -3.18. The number of amides is 1. The fourth-order valence-electron chi connectivity index (χ4n) is 2.16. The molecule has 124 valence electrons. The molecule has 0 aliphatic heterocycles. The Bertz CT molecular complexity index is 848. The van der Waals surface area contributed by atoms with Gasteiger partial charge in [-0.15, -0.1) is 0 Å². The molecule has 0 bridgehead atoms. The van der Waals surface area contributed by atoms with Crippen molar-refractivity contribution >= 4 is 38.2 Å². The van der Waals surface area contributed by atoms with Crippen molar-refractivity contribution < 1.29 is 13.2 Å². The zero-order valence-corrected chi connectivity index (χ0v) is 14.8. The Balaban J connectivity index is 2.23. The van der Waals surface area contributed by atoms with Gasteiger partial charge in [0.15, 0.2) is 9.84 Å². The van der Waals surface area contributed by atoms with E-state index < -0.39 is 15.1 Å². The number of aryl methyl sites for hydroxylation is 1. The lowest BCUT2D eigenvalue weighted by molar-refractivity contribution is 0.0957. The van der Waals surface area contributed by atoms with E-state index in [9.17, 15) is 13.2 Å². The largest absolute Gasteiger partial charge is 0.351 e. The second-order valence-corrected chi connectivity index (χ2v) is 8.76. The second-order valence-electron chi connectivity index (χ2n) is 5.64. The highest BCUT2D eigenvalue weighted by Gasteiger charge is 2.17. The van der Waals surface area contributed by atoms with Gasteiger partial charge < -0.3 is 5.32 Å². The monoisotopic (exact) mass is 354 g/mol. The van der Waals surface area contributed by atoms with E-state index in [2.05, 4.69) is 10.3 Å². The van der Waals surface area contributed by atoms with E-state index in [4.69, 9.17) is 11.6 Å². The first-order valence-electron chi connectivity index (χ1n) is 7.27. The Kier molecular flexibility index (Phi) is 5.26. The molecule has 1 amide bonds. The number of nitrogens with one attached hydrogen (secondary N) is 1. The molecule has 1 aromatic carbocycles. The number of aromatic nitrogens is 1. The third kappa shape index (κ3) is 4.20. The van der Waals surface area contributed by atoms with Crippen molar-refractivity contribution in [3.05, 3.63) is 40.5 Å². The van der Waals surface area contributed by atoms with Crippen LogP contribution in [0.3, 0.4) is 0 Å². The first-order valence-corrected chi connectivity index (χ1v) is 9.37. The van der Waals surface area contributed by atoms with E-state index in [1.807, 2.05) is 0 Å². The van der Waals surface area contributed by atoms with Gasteiger partial charge in [0.05, 0.1) is 22.1 Å². The van der Waals surface area contributed by atoms with Crippen LogP contribution in [-0.4, -0.2) is 36.9 Å². The molecular weight excluding hydrogens is 336 g/mol. The SMILES string of the molecule is Cc1cc(C(=O)NCCS(=O)(=O)C(C)C)c2cc(Cl)ccc2n1. The van der Waals surface area contributed by atoms with E-state index in [1.165, 1.54) is 0 Å². The maximum absolute atomic E-state index is 12.4. The lowest BCUT2D eigenvalue weighted by atomic mass is 10.1. The summed E-state index contributed by atoms with van der Waals surface area (Å²) >= 11 is 6.00. The lowest BCUT2D eigenvalue weighted by Crippen LogP contribution is -2.31. The summed E-state index contributed by atoms with van der Waals surface area (Å²) in [5.74, 6) is -0.416. The smallest absolute Gasteiger partial charge is 0.252 e. The number of halogens is 1. The third-order valence-corrected chi connectivity index (χ3v) is 5.98. The minimum Gasteiger partial charge on any atom is -0.351 e. The Morgan fingerprint density at radius 3 is 2.65 bits per heavy atom. The molecule has 1 N–H and O–H groups in total. The van der Waals surface area contributed by atoms with Crippen LogP contribution in [-0.2, 0) is 9.84 Å². The molecule has 2 aromatic rings. The van der Waals surface area contributed by atoms with E-state index in [1.54, 1.807) is 45.0 Å². The van der Waals surface area contributed by atoms with Crippen LogP contribution in [0, 0.1) is 6.92 Å². The van der Waals surface area contributed by atoms with Gasteiger partial charge in [0, 0.05) is 22.6 Å². The summed E-state index contributed by atoms with van der Waals surface area (Å²) in [6.07, 6.45) is 0. The van der Waals surface area contributed by atoms with Gasteiger partial charge >= 0.3 is 0 Å². The van der Waals surface area contributed by atoms with Crippen LogP contribution in [0.4, 0.5) is 0 Å². The minimum atomic E-state index is -3.18. The van der Waals surface area contributed by atoms with Crippen LogP contribution in [0.25, 0.3) is 10.9 Å². The number of carbonyl (C=O) groups excluding carboxylic acids is 1. The summed E-state index contributed by atoms with van der Waals surface area (Å²) < 4.78 is 23.6. The molecule has 0 aliphatic rings. The van der Waals surface area contributed by atoms with Crippen molar-refractivity contribution in [1.82, 2.24) is 10.3 Å². The molecule has 23 heavy (non-hydrogen) atoms. The molecule has 0 saturated carbocycles. The predicted octanol–water partition coefficient (Wildman–Crippen LogP) is 2.75. The minimum absolute atomic E-state index is 0.0722. The average molecular weight is 355 g/mol. The van der Waals surface area contributed by atoms with Gasteiger partial charge in [0.25, 0.3) is 5.91 Å². The van der Waals surface area contributed by atoms with Crippen molar-refractivity contribution in [2.75, 3.05) is 12.3 Å². The van der Waals surface area contributed by atoms with E-state index in [0.717, 1.165) is 0 Å². The zero-order chi connectivity index (χ0) is 17.2. The van der Waals surface area contributed by atoms with Crippen LogP contribution in [0.1, 0.15) is 29.9 Å². The van der Waals surface area contributed by atoms with Crippen molar-refractivity contribution in [1.29, 1.82) is 0 Å². The Morgan fingerprint density at radius 1 is 1.30 bits per heavy atom. The van der Waals surface area contributed by atoms with Crippen LogP contribution < -0.4 is 5.32 Å². The Labute approximate surface area is 141 Å². The van der Waals surface area contributed by atoms with Gasteiger partial charge in [-0.3, -0.25) is 9.78 Å². The molecule has 0 radical (unpaired) electrons. The van der Waals surface area contributed by atoms with Gasteiger partial charge in [-0.25, -0.2) is 8.42 Å². The molecule has 0 unspecified atom stereocenters. The van der Waals surface area contributed by atoms with Gasteiger partial charge in [-0.1, -0.05) is 11.6 Å². The Morgan fingerprint density at radius 2 is 2.00 bits per heavy atom. The second kappa shape index (κ2) is 6.84. The molecule has 7 heteroatoms. The quantitative estimate of drug-likeness (QED) is 0.895. The molecule has 5 nitrogen and oxygen atoms in total. The van der Waals surface area contributed by atoms with E-state index in [0.29, 0.717) is 27.2 Å². The molecule has 0 saturated heterocycles. The number of pyridine rings is 1. The predicted molar refractivity (Wildman–Crippen MR) is 92.7 cm³/mol. The fraction of sp³-hybridized carbons (Fsp3) is 0.375. The lowest BCUT2D eigenvalue weighted by Gasteiger charge is -2.11. The Hall–Kier alpha value is -1.66. The number of benzene rings is 1. The van der Waals surface area contributed by atoms with E-state index in [-0.39, 0.29) is 18.2 Å². The topological polar surface area (TPSA) is 76.1 Å². The maximum Gasteiger partial charge on any atom is 0.252 e. The van der Waals surface area contributed by atoms with Gasteiger partial charge in [-0.05, 0) is 45.0 Å². The van der Waals surface area contributed by atoms with Crippen molar-refractivity contribution in [3.63, 3.8) is 0 Å². The highest BCUT2D eigenvalue weighted by Crippen LogP contribution is 2.22. The third-order valence-electron chi connectivity index (χ3n) is 3.53. The summed E-state index contributed by atoms with van der Waals surface area (Å²) in [6, 6.07) is 6.83. The molecule has 0 spiro atoms. The number of sulfone groups is 1. The van der Waals surface area contributed by atoms with Crippen LogP contribution in [0.5, 0.6) is 0 Å². The molecule has 0 aliphatic carbocycles. The molecular formula is C16H19ClN2O3S. The summed E-state index contributed by atoms with van der Waals surface area (Å²) in [5.41, 5.74) is 1.83. The normalized spacial score (nSPS) is 11.9. The van der Waals surface area contributed by atoms with Gasteiger partial charge in [-0.2, -0.15) is 0 Å². The number of rotatable bonds is 5. The number of hydrogen-bond donors (Lipinski definition) is 1. The number of hydrogen-bond acceptors (Lipinski definition) is 4. The molecule has 1 heterocycles. The fourth-order valence-corrected chi connectivity index (χ4v) is 3.19. The maximum atomic E-state index is 12.4. The highest BCUT2D eigenvalue weighted by atomic mass is 35.5. The zero-order valence-electron chi connectivity index (χ0n) is 13.3. The first kappa shape index (κ1) is 17.7. The van der Waals surface area contributed by atoms with Crippen LogP contribution in [0.2, 0.25) is 5.02 Å². The molecule has 0 atom stereocenters. The number of nitrogens with zero attached hydrogens (tertiary/aromatic N) is 1. The van der Waals surface area contributed by atoms with Gasteiger partial charge in [0.1, 0.15) is 0 Å². The summed E-state index contributed by atoms with van der Waals surface area (Å²) in [6.45, 7) is 5.12. The molecule has 1 aromatic heterocycles. The number of carbonyl (C=O) groups is 1.